The van der Waals surface area contributed by atoms with Gasteiger partial charge in [0.1, 0.15) is 10.7 Å². The third-order valence-electron chi connectivity index (χ3n) is 3.98. The molecule has 2 aliphatic heterocycles. The number of hydrogen-bond donors (Lipinski definition) is 0. The van der Waals surface area contributed by atoms with Gasteiger partial charge in [-0.25, -0.2) is 17.1 Å². The fraction of sp³-hybridized carbons (Fsp3) is 0.308. The average Bonchev–Trinajstić information content (AvgIpc) is 2.75. The first kappa shape index (κ1) is 14.6. The van der Waals surface area contributed by atoms with Crippen LogP contribution in [0.25, 0.3) is 0 Å². The number of amides is 3. The van der Waals surface area contributed by atoms with Crippen molar-refractivity contribution in [3.63, 3.8) is 0 Å². The van der Waals surface area contributed by atoms with Gasteiger partial charge in [-0.2, -0.15) is 0 Å². The third kappa shape index (κ3) is 1.43. The van der Waals surface area contributed by atoms with Gasteiger partial charge >= 0.3 is 0 Å². The number of likely N-dealkylation sites (tertiary alicyclic amines) is 1. The van der Waals surface area contributed by atoms with Gasteiger partial charge in [-0.1, -0.05) is 12.1 Å². The lowest BCUT2D eigenvalue weighted by Gasteiger charge is -2.30. The summed E-state index contributed by atoms with van der Waals surface area (Å²) in [5.74, 6) is -3.51. The Morgan fingerprint density at radius 3 is 2.45 bits per heavy atom. The third-order valence-corrected chi connectivity index (χ3v) is 5.96. The lowest BCUT2D eigenvalue weighted by atomic mass is 9.88. The van der Waals surface area contributed by atoms with Crippen LogP contribution in [-0.2, 0) is 29.9 Å². The number of benzene rings is 1. The minimum absolute atomic E-state index is 0.176. The minimum Gasteiger partial charge on any atom is -0.283 e. The van der Waals surface area contributed by atoms with Crippen LogP contribution in [-0.4, -0.2) is 42.4 Å². The molecule has 0 aliphatic carbocycles. The second-order valence-corrected chi connectivity index (χ2v) is 6.92. The van der Waals surface area contributed by atoms with Crippen LogP contribution in [0.3, 0.4) is 0 Å². The number of likely N-dealkylation sites (N-methyl/N-ethyl adjacent to an activating group) is 1. The number of carbonyl (C=O) groups excluding carboxylic acids is 3. The summed E-state index contributed by atoms with van der Waals surface area (Å²) in [4.78, 5) is 36.4. The van der Waals surface area contributed by atoms with Gasteiger partial charge in [-0.05, 0) is 6.07 Å². The molecule has 1 aromatic rings. The second-order valence-electron chi connectivity index (χ2n) is 5.20. The maximum Gasteiger partial charge on any atom is 0.271 e. The van der Waals surface area contributed by atoms with Crippen molar-refractivity contribution in [2.45, 2.75) is 23.8 Å². The maximum atomic E-state index is 14.1. The van der Waals surface area contributed by atoms with E-state index in [1.807, 2.05) is 0 Å². The van der Waals surface area contributed by atoms with Gasteiger partial charge < -0.3 is 0 Å². The van der Waals surface area contributed by atoms with E-state index in [-0.39, 0.29) is 5.56 Å². The zero-order valence-corrected chi connectivity index (χ0v) is 12.5. The van der Waals surface area contributed by atoms with Gasteiger partial charge in [0.25, 0.3) is 15.9 Å². The summed E-state index contributed by atoms with van der Waals surface area (Å²) in [6, 6.07) is 3.42. The number of halogens is 1. The van der Waals surface area contributed by atoms with Crippen LogP contribution in [0.1, 0.15) is 18.9 Å². The summed E-state index contributed by atoms with van der Waals surface area (Å²) in [6.45, 7) is 0.958. The summed E-state index contributed by atoms with van der Waals surface area (Å²) in [5, 5.41) is 0. The highest BCUT2D eigenvalue weighted by Crippen LogP contribution is 2.50. The Kier molecular flexibility index (Phi) is 2.75. The molecule has 0 saturated carbocycles. The zero-order chi connectivity index (χ0) is 16.4. The molecule has 0 radical (unpaired) electrons. The number of hydrogen-bond acceptors (Lipinski definition) is 5. The first-order valence-corrected chi connectivity index (χ1v) is 7.75. The van der Waals surface area contributed by atoms with Gasteiger partial charge in [0, 0.05) is 19.5 Å². The fourth-order valence-electron chi connectivity index (χ4n) is 3.11. The monoisotopic (exact) mass is 326 g/mol. The Morgan fingerprint density at radius 1 is 1.32 bits per heavy atom. The minimum atomic E-state index is -4.54. The van der Waals surface area contributed by atoms with E-state index in [1.165, 1.54) is 19.2 Å². The summed E-state index contributed by atoms with van der Waals surface area (Å²) >= 11 is 0. The van der Waals surface area contributed by atoms with Crippen LogP contribution in [0.2, 0.25) is 0 Å². The van der Waals surface area contributed by atoms with E-state index in [1.54, 1.807) is 0 Å². The number of fused-ring (bicyclic) bond motifs is 2. The maximum absolute atomic E-state index is 14.1. The smallest absolute Gasteiger partial charge is 0.271 e. The summed E-state index contributed by atoms with van der Waals surface area (Å²) in [6.07, 6.45) is -0.530. The SMILES string of the molecule is CC(=O)N1C2(CC(=O)N(C)C2=O)c2cccc(F)c2S1(=O)=O. The van der Waals surface area contributed by atoms with E-state index in [9.17, 15) is 27.2 Å². The van der Waals surface area contributed by atoms with Crippen molar-refractivity contribution in [1.29, 1.82) is 0 Å². The number of imide groups is 1. The van der Waals surface area contributed by atoms with Gasteiger partial charge in [0.15, 0.2) is 5.54 Å². The highest BCUT2D eigenvalue weighted by atomic mass is 32.2. The standard InChI is InChI=1S/C13H11FN2O5S/c1-7(17)16-13(6-10(18)15(2)12(13)19)8-4-3-5-9(14)11(8)22(16,20)21/h3-5H,6H2,1-2H3. The van der Waals surface area contributed by atoms with Gasteiger partial charge in [-0.3, -0.25) is 19.3 Å². The van der Waals surface area contributed by atoms with Gasteiger partial charge in [-0.15, -0.1) is 0 Å². The van der Waals surface area contributed by atoms with Gasteiger partial charge in [0.05, 0.1) is 6.42 Å². The summed E-state index contributed by atoms with van der Waals surface area (Å²) in [7, 11) is -3.34. The second kappa shape index (κ2) is 4.13. The molecule has 0 bridgehead atoms. The van der Waals surface area contributed by atoms with Crippen LogP contribution in [0.4, 0.5) is 4.39 Å². The largest absolute Gasteiger partial charge is 0.283 e. The molecular weight excluding hydrogens is 315 g/mol. The molecule has 7 nitrogen and oxygen atoms in total. The van der Waals surface area contributed by atoms with Crippen molar-refractivity contribution in [2.75, 3.05) is 7.05 Å². The Labute approximate surface area is 125 Å². The van der Waals surface area contributed by atoms with Crippen LogP contribution in [0.15, 0.2) is 23.1 Å². The number of rotatable bonds is 0. The molecule has 116 valence electrons. The molecule has 1 unspecified atom stereocenters. The summed E-state index contributed by atoms with van der Waals surface area (Å²) < 4.78 is 39.5. The predicted octanol–water partition coefficient (Wildman–Crippen LogP) is -0.0395. The predicted molar refractivity (Wildman–Crippen MR) is 70.2 cm³/mol. The van der Waals surface area contributed by atoms with Crippen molar-refractivity contribution < 1.29 is 27.2 Å². The van der Waals surface area contributed by atoms with E-state index in [0.717, 1.165) is 17.9 Å². The molecule has 3 rings (SSSR count). The highest BCUT2D eigenvalue weighted by molar-refractivity contribution is 7.90. The van der Waals surface area contributed by atoms with Crippen molar-refractivity contribution in [3.05, 3.63) is 29.6 Å². The Morgan fingerprint density at radius 2 is 1.95 bits per heavy atom. The van der Waals surface area contributed by atoms with E-state index in [4.69, 9.17) is 0 Å². The molecule has 1 atom stereocenters. The molecule has 3 amide bonds. The highest BCUT2D eigenvalue weighted by Gasteiger charge is 2.66. The van der Waals surface area contributed by atoms with Crippen molar-refractivity contribution in [2.24, 2.45) is 0 Å². The van der Waals surface area contributed by atoms with Crippen LogP contribution >= 0.6 is 0 Å². The Bertz CT molecular complexity index is 850. The molecule has 9 heteroatoms. The van der Waals surface area contributed by atoms with Crippen LogP contribution in [0.5, 0.6) is 0 Å². The molecule has 2 aliphatic rings. The van der Waals surface area contributed by atoms with Crippen molar-refractivity contribution in [3.8, 4) is 0 Å². The molecule has 0 N–H and O–H groups in total. The molecule has 1 fully saturated rings. The molecule has 1 aromatic carbocycles. The molecule has 1 saturated heterocycles. The quantitative estimate of drug-likeness (QED) is 0.624. The van der Waals surface area contributed by atoms with Crippen LogP contribution in [0, 0.1) is 5.82 Å². The molecule has 0 aromatic heterocycles. The average molecular weight is 326 g/mol. The van der Waals surface area contributed by atoms with Crippen molar-refractivity contribution >= 4 is 27.7 Å². The topological polar surface area (TPSA) is 91.8 Å². The molecule has 2 heterocycles. The lowest BCUT2D eigenvalue weighted by molar-refractivity contribution is -0.143. The lowest BCUT2D eigenvalue weighted by Crippen LogP contribution is -2.51. The first-order valence-electron chi connectivity index (χ1n) is 6.31. The fourth-order valence-corrected chi connectivity index (χ4v) is 5.12. The zero-order valence-electron chi connectivity index (χ0n) is 11.7. The van der Waals surface area contributed by atoms with E-state index < -0.39 is 50.4 Å². The molecule has 1 spiro atoms. The van der Waals surface area contributed by atoms with E-state index >= 15 is 0 Å². The Hall–Kier alpha value is -2.29. The van der Waals surface area contributed by atoms with E-state index in [2.05, 4.69) is 0 Å². The summed E-state index contributed by atoms with van der Waals surface area (Å²) in [5.41, 5.74) is -2.20. The van der Waals surface area contributed by atoms with Gasteiger partial charge in [0.2, 0.25) is 11.8 Å². The van der Waals surface area contributed by atoms with Crippen molar-refractivity contribution in [1.82, 2.24) is 9.21 Å². The van der Waals surface area contributed by atoms with Crippen LogP contribution < -0.4 is 0 Å². The Balaban J connectivity index is 2.45. The number of nitrogens with zero attached hydrogens (tertiary/aromatic N) is 2. The molecular formula is C13H11FN2O5S. The molecule has 22 heavy (non-hydrogen) atoms. The number of sulfonamides is 1. The number of carbonyl (C=O) groups is 3. The van der Waals surface area contributed by atoms with E-state index in [0.29, 0.717) is 4.31 Å². The normalized spacial score (nSPS) is 26.0. The first-order chi connectivity index (χ1) is 10.2.